The van der Waals surface area contributed by atoms with Gasteiger partial charge in [-0.05, 0) is 56.1 Å². The number of allylic oxidation sites excluding steroid dienone is 3. The molecule has 0 amide bonds. The van der Waals surface area contributed by atoms with Gasteiger partial charge in [0.25, 0.3) is 0 Å². The quantitative estimate of drug-likeness (QED) is 0.699. The van der Waals surface area contributed by atoms with Gasteiger partial charge in [0.1, 0.15) is 23.6 Å². The Labute approximate surface area is 162 Å². The molecule has 2 atom stereocenters. The number of hydrogen-bond donors (Lipinski definition) is 1. The Balaban J connectivity index is 1.64. The van der Waals surface area contributed by atoms with Crippen molar-refractivity contribution in [2.75, 3.05) is 26.2 Å². The number of ether oxygens (including phenoxy) is 1. The summed E-state index contributed by atoms with van der Waals surface area (Å²) >= 11 is 0. The molecule has 2 aliphatic rings. The molecule has 1 fully saturated rings. The maximum absolute atomic E-state index is 14.5. The lowest BCUT2D eigenvalue weighted by atomic mass is 9.73. The zero-order valence-corrected chi connectivity index (χ0v) is 15.5. The van der Waals surface area contributed by atoms with Crippen LogP contribution in [-0.4, -0.2) is 48.4 Å². The first-order valence-corrected chi connectivity index (χ1v) is 9.52. The third-order valence-corrected chi connectivity index (χ3v) is 5.34. The molecule has 1 aromatic rings. The van der Waals surface area contributed by atoms with Crippen molar-refractivity contribution < 1.29 is 27.8 Å². The van der Waals surface area contributed by atoms with E-state index in [1.165, 1.54) is 43.5 Å². The van der Waals surface area contributed by atoms with Crippen molar-refractivity contribution in [1.29, 1.82) is 0 Å². The van der Waals surface area contributed by atoms with Crippen molar-refractivity contribution in [2.24, 2.45) is 0 Å². The molecule has 0 bridgehead atoms. The molecular weight excluding hydrogens is 371 g/mol. The Kier molecular flexibility index (Phi) is 6.44. The van der Waals surface area contributed by atoms with Crippen molar-refractivity contribution in [3.63, 3.8) is 0 Å². The fourth-order valence-corrected chi connectivity index (χ4v) is 3.80. The van der Waals surface area contributed by atoms with Crippen molar-refractivity contribution in [2.45, 2.75) is 37.3 Å². The van der Waals surface area contributed by atoms with E-state index in [0.29, 0.717) is 24.5 Å². The predicted molar refractivity (Wildman–Crippen MR) is 99.4 cm³/mol. The first kappa shape index (κ1) is 20.5. The van der Waals surface area contributed by atoms with Crippen LogP contribution >= 0.6 is 0 Å². The van der Waals surface area contributed by atoms with Crippen LogP contribution in [0, 0.1) is 0 Å². The minimum Gasteiger partial charge on any atom is -0.494 e. The summed E-state index contributed by atoms with van der Waals surface area (Å²) in [5.74, 6) is -3.73. The molecule has 2 unspecified atom stereocenters. The van der Waals surface area contributed by atoms with E-state index >= 15 is 0 Å². The lowest BCUT2D eigenvalue weighted by Gasteiger charge is -2.32. The van der Waals surface area contributed by atoms with Crippen LogP contribution in [0.3, 0.4) is 0 Å². The highest BCUT2D eigenvalue weighted by Gasteiger charge is 2.53. The number of nitrogens with zero attached hydrogens (tertiary/aromatic N) is 1. The van der Waals surface area contributed by atoms with Crippen molar-refractivity contribution in [3.8, 4) is 5.75 Å². The smallest absolute Gasteiger partial charge is 0.324 e. The van der Waals surface area contributed by atoms with E-state index in [2.05, 4.69) is 4.90 Å². The summed E-state index contributed by atoms with van der Waals surface area (Å²) in [5.41, 5.74) is -2.69. The SMILES string of the molecule is O=C(O)C1(c2ccc(OCCCN3CCCCC3)cc2)C(F)=CC(F)=CC1F. The van der Waals surface area contributed by atoms with Crippen LogP contribution in [0.5, 0.6) is 5.75 Å². The average molecular weight is 395 g/mol. The number of aliphatic carboxylic acids is 1. The number of rotatable bonds is 7. The third-order valence-electron chi connectivity index (χ3n) is 5.34. The zero-order chi connectivity index (χ0) is 20.1. The normalized spacial score (nSPS) is 25.8. The van der Waals surface area contributed by atoms with Crippen molar-refractivity contribution >= 4 is 5.97 Å². The molecular formula is C21H24F3NO3. The Morgan fingerprint density at radius 3 is 2.46 bits per heavy atom. The molecule has 152 valence electrons. The maximum Gasteiger partial charge on any atom is 0.324 e. The standard InChI is InChI=1S/C21H24F3NO3/c22-16-13-18(23)21(20(26)27,19(24)14-16)15-5-7-17(8-6-15)28-12-4-11-25-9-2-1-3-10-25/h5-8,13-14,18H,1-4,9-12H2,(H,26,27). The first-order chi connectivity index (χ1) is 13.4. The Hall–Kier alpha value is -2.28. The molecule has 1 N–H and O–H groups in total. The minimum atomic E-state index is -2.58. The van der Waals surface area contributed by atoms with Gasteiger partial charge in [-0.15, -0.1) is 0 Å². The van der Waals surface area contributed by atoms with E-state index in [-0.39, 0.29) is 5.56 Å². The molecule has 0 saturated carbocycles. The number of carbonyl (C=O) groups is 1. The van der Waals surface area contributed by atoms with Crippen molar-refractivity contribution in [1.82, 2.24) is 4.90 Å². The second-order valence-electron chi connectivity index (χ2n) is 7.19. The highest BCUT2D eigenvalue weighted by Crippen LogP contribution is 2.43. The molecule has 1 aliphatic heterocycles. The van der Waals surface area contributed by atoms with Gasteiger partial charge in [0, 0.05) is 12.6 Å². The predicted octanol–water partition coefficient (Wildman–Crippen LogP) is 4.32. The van der Waals surface area contributed by atoms with E-state index in [1.807, 2.05) is 0 Å². The highest BCUT2D eigenvalue weighted by atomic mass is 19.2. The van der Waals surface area contributed by atoms with Gasteiger partial charge in [-0.3, -0.25) is 4.79 Å². The molecule has 28 heavy (non-hydrogen) atoms. The molecule has 7 heteroatoms. The van der Waals surface area contributed by atoms with Crippen LogP contribution in [0.2, 0.25) is 0 Å². The van der Waals surface area contributed by atoms with Crippen LogP contribution in [0.1, 0.15) is 31.2 Å². The average Bonchev–Trinajstić information content (AvgIpc) is 2.66. The number of likely N-dealkylation sites (tertiary alicyclic amines) is 1. The largest absolute Gasteiger partial charge is 0.494 e. The summed E-state index contributed by atoms with van der Waals surface area (Å²) < 4.78 is 47.8. The van der Waals surface area contributed by atoms with Gasteiger partial charge in [-0.1, -0.05) is 18.6 Å². The molecule has 3 rings (SSSR count). The molecule has 1 aliphatic carbocycles. The van der Waals surface area contributed by atoms with Crippen LogP contribution in [-0.2, 0) is 10.2 Å². The number of benzene rings is 1. The van der Waals surface area contributed by atoms with E-state index in [0.717, 1.165) is 26.1 Å². The van der Waals surface area contributed by atoms with E-state index in [4.69, 9.17) is 4.74 Å². The Morgan fingerprint density at radius 2 is 1.86 bits per heavy atom. The second-order valence-corrected chi connectivity index (χ2v) is 7.19. The van der Waals surface area contributed by atoms with E-state index in [1.54, 1.807) is 0 Å². The van der Waals surface area contributed by atoms with Crippen LogP contribution in [0.4, 0.5) is 13.2 Å². The lowest BCUT2D eigenvalue weighted by Crippen LogP contribution is -2.46. The Bertz CT molecular complexity index is 757. The summed E-state index contributed by atoms with van der Waals surface area (Å²) in [4.78, 5) is 14.1. The molecule has 0 radical (unpaired) electrons. The molecule has 4 nitrogen and oxygen atoms in total. The number of piperidine rings is 1. The number of hydrogen-bond acceptors (Lipinski definition) is 3. The third kappa shape index (κ3) is 4.09. The number of carboxylic acids is 1. The maximum atomic E-state index is 14.5. The summed E-state index contributed by atoms with van der Waals surface area (Å²) in [6.07, 6.45) is 3.13. The van der Waals surface area contributed by atoms with Crippen LogP contribution in [0.15, 0.2) is 48.1 Å². The second kappa shape index (κ2) is 8.82. The molecule has 1 aromatic carbocycles. The fourth-order valence-electron chi connectivity index (χ4n) is 3.80. The van der Waals surface area contributed by atoms with E-state index < -0.39 is 29.2 Å². The fraction of sp³-hybridized carbons (Fsp3) is 0.476. The monoisotopic (exact) mass is 395 g/mol. The Morgan fingerprint density at radius 1 is 1.18 bits per heavy atom. The topological polar surface area (TPSA) is 49.8 Å². The van der Waals surface area contributed by atoms with Gasteiger partial charge in [0.2, 0.25) is 0 Å². The summed E-state index contributed by atoms with van der Waals surface area (Å²) in [6.45, 7) is 3.68. The van der Waals surface area contributed by atoms with Gasteiger partial charge >= 0.3 is 5.97 Å². The number of halogens is 3. The summed E-state index contributed by atoms with van der Waals surface area (Å²) in [7, 11) is 0. The van der Waals surface area contributed by atoms with E-state index in [9.17, 15) is 23.1 Å². The zero-order valence-electron chi connectivity index (χ0n) is 15.5. The van der Waals surface area contributed by atoms with Gasteiger partial charge < -0.3 is 14.7 Å². The molecule has 1 saturated heterocycles. The van der Waals surface area contributed by atoms with Gasteiger partial charge in [-0.2, -0.15) is 0 Å². The van der Waals surface area contributed by atoms with Gasteiger partial charge in [0.15, 0.2) is 5.41 Å². The minimum absolute atomic E-state index is 0.106. The van der Waals surface area contributed by atoms with Crippen LogP contribution < -0.4 is 4.74 Å². The number of carboxylic acid groups (broad SMARTS) is 1. The van der Waals surface area contributed by atoms with Crippen molar-refractivity contribution in [3.05, 3.63) is 53.6 Å². The molecule has 0 spiro atoms. The number of alkyl halides is 1. The van der Waals surface area contributed by atoms with Gasteiger partial charge in [0.05, 0.1) is 6.61 Å². The lowest BCUT2D eigenvalue weighted by molar-refractivity contribution is -0.145. The molecule has 0 aromatic heterocycles. The van der Waals surface area contributed by atoms with Crippen LogP contribution in [0.25, 0.3) is 0 Å². The molecule has 1 heterocycles. The van der Waals surface area contributed by atoms with Gasteiger partial charge in [-0.25, -0.2) is 13.2 Å². The summed E-state index contributed by atoms with van der Waals surface area (Å²) in [5, 5.41) is 9.53. The summed E-state index contributed by atoms with van der Waals surface area (Å²) in [6, 6.07) is 5.58. The first-order valence-electron chi connectivity index (χ1n) is 9.52. The highest BCUT2D eigenvalue weighted by molar-refractivity contribution is 5.87.